The van der Waals surface area contributed by atoms with Crippen molar-refractivity contribution in [2.75, 3.05) is 17.1 Å². The first-order chi connectivity index (χ1) is 18.6. The molecule has 0 aromatic heterocycles. The van der Waals surface area contributed by atoms with Crippen LogP contribution in [0.15, 0.2) is 72.8 Å². The van der Waals surface area contributed by atoms with Crippen molar-refractivity contribution >= 4 is 27.5 Å². The molecule has 0 radical (unpaired) electrons. The van der Waals surface area contributed by atoms with Gasteiger partial charge in [-0.25, -0.2) is 8.42 Å². The number of amides is 2. The fourth-order valence-corrected chi connectivity index (χ4v) is 5.48. The van der Waals surface area contributed by atoms with Crippen LogP contribution < -0.4 is 9.62 Å². The van der Waals surface area contributed by atoms with Crippen molar-refractivity contribution in [2.24, 2.45) is 0 Å². The van der Waals surface area contributed by atoms with E-state index in [4.69, 9.17) is 0 Å². The first-order valence-corrected chi connectivity index (χ1v) is 15.2. The van der Waals surface area contributed by atoms with Gasteiger partial charge in [-0.1, -0.05) is 77.9 Å². The van der Waals surface area contributed by atoms with Crippen molar-refractivity contribution in [3.05, 3.63) is 101 Å². The predicted molar refractivity (Wildman–Crippen MR) is 162 cm³/mol. The van der Waals surface area contributed by atoms with Gasteiger partial charge in [0.1, 0.15) is 12.6 Å². The topological polar surface area (TPSA) is 86.8 Å². The molecule has 3 aromatic carbocycles. The number of aryl methyl sites for hydroxylation is 3. The largest absolute Gasteiger partial charge is 0.350 e. The van der Waals surface area contributed by atoms with Gasteiger partial charge in [0.25, 0.3) is 0 Å². The molecule has 0 heterocycles. The fraction of sp³-hybridized carbons (Fsp3) is 0.375. The molecule has 0 saturated carbocycles. The first-order valence-electron chi connectivity index (χ1n) is 13.4. The van der Waals surface area contributed by atoms with Crippen LogP contribution in [0.5, 0.6) is 0 Å². The van der Waals surface area contributed by atoms with Gasteiger partial charge < -0.3 is 10.2 Å². The Labute approximate surface area is 239 Å². The molecule has 1 unspecified atom stereocenters. The van der Waals surface area contributed by atoms with Crippen molar-refractivity contribution in [2.45, 2.75) is 66.1 Å². The zero-order valence-corrected chi connectivity index (χ0v) is 25.4. The number of nitrogens with one attached hydrogen (secondary N) is 1. The molecular weight excluding hydrogens is 522 g/mol. The highest BCUT2D eigenvalue weighted by atomic mass is 32.2. The van der Waals surface area contributed by atoms with Crippen LogP contribution in [-0.4, -0.2) is 49.5 Å². The monoisotopic (exact) mass is 563 g/mol. The minimum absolute atomic E-state index is 0.151. The molecule has 1 N–H and O–H groups in total. The van der Waals surface area contributed by atoms with Crippen LogP contribution in [0, 0.1) is 20.8 Å². The van der Waals surface area contributed by atoms with E-state index in [2.05, 4.69) is 5.32 Å². The summed E-state index contributed by atoms with van der Waals surface area (Å²) in [6, 6.07) is 21.9. The molecule has 3 aromatic rings. The van der Waals surface area contributed by atoms with Gasteiger partial charge in [0.2, 0.25) is 21.8 Å². The molecule has 2 amide bonds. The van der Waals surface area contributed by atoms with E-state index < -0.39 is 34.1 Å². The van der Waals surface area contributed by atoms with Gasteiger partial charge >= 0.3 is 0 Å². The summed E-state index contributed by atoms with van der Waals surface area (Å²) < 4.78 is 27.1. The first kappa shape index (κ1) is 30.9. The van der Waals surface area contributed by atoms with Crippen LogP contribution in [0.4, 0.5) is 5.69 Å². The maximum Gasteiger partial charge on any atom is 0.244 e. The van der Waals surface area contributed by atoms with Gasteiger partial charge in [-0.2, -0.15) is 0 Å². The standard InChI is InChI=1S/C32H41N3O4S/c1-23-13-16-27(17-14-23)21-34(29(31(37)33-32(4,5)6)20-26-11-9-8-10-12-26)30(36)22-35(40(7,38)39)28-18-15-24(2)19-25(28)3/h8-19,29H,20-22H2,1-7H3,(H,33,37). The normalized spacial score (nSPS) is 12.5. The molecule has 214 valence electrons. The third-order valence-electron chi connectivity index (χ3n) is 6.54. The number of hydrogen-bond acceptors (Lipinski definition) is 4. The molecule has 0 saturated heterocycles. The minimum Gasteiger partial charge on any atom is -0.350 e. The lowest BCUT2D eigenvalue weighted by Gasteiger charge is -2.35. The average molecular weight is 564 g/mol. The van der Waals surface area contributed by atoms with Crippen molar-refractivity contribution in [3.63, 3.8) is 0 Å². The maximum atomic E-state index is 14.2. The van der Waals surface area contributed by atoms with E-state index in [-0.39, 0.29) is 18.9 Å². The van der Waals surface area contributed by atoms with E-state index in [9.17, 15) is 18.0 Å². The van der Waals surface area contributed by atoms with Gasteiger partial charge in [-0.15, -0.1) is 0 Å². The molecule has 0 bridgehead atoms. The fourth-order valence-electron chi connectivity index (χ4n) is 4.58. The number of carbonyl (C=O) groups is 2. The Morgan fingerprint density at radius 2 is 1.45 bits per heavy atom. The Hall–Kier alpha value is -3.65. The second-order valence-electron chi connectivity index (χ2n) is 11.5. The zero-order chi connectivity index (χ0) is 29.7. The van der Waals surface area contributed by atoms with Crippen molar-refractivity contribution in [1.82, 2.24) is 10.2 Å². The van der Waals surface area contributed by atoms with E-state index in [0.717, 1.165) is 38.4 Å². The number of rotatable bonds is 10. The Morgan fingerprint density at radius 3 is 2.00 bits per heavy atom. The predicted octanol–water partition coefficient (Wildman–Crippen LogP) is 4.93. The summed E-state index contributed by atoms with van der Waals surface area (Å²) in [6.07, 6.45) is 1.38. The van der Waals surface area contributed by atoms with Gasteiger partial charge in [0.15, 0.2) is 0 Å². The number of benzene rings is 3. The van der Waals surface area contributed by atoms with E-state index in [1.807, 2.05) is 108 Å². The summed E-state index contributed by atoms with van der Waals surface area (Å²) >= 11 is 0. The van der Waals surface area contributed by atoms with Gasteiger partial charge in [0.05, 0.1) is 11.9 Å². The molecule has 1 atom stereocenters. The third kappa shape index (κ3) is 8.68. The lowest BCUT2D eigenvalue weighted by molar-refractivity contribution is -0.140. The molecular formula is C32H41N3O4S. The Morgan fingerprint density at radius 1 is 0.850 bits per heavy atom. The molecule has 0 aliphatic carbocycles. The van der Waals surface area contributed by atoms with E-state index in [1.54, 1.807) is 6.07 Å². The highest BCUT2D eigenvalue weighted by Crippen LogP contribution is 2.25. The van der Waals surface area contributed by atoms with Crippen LogP contribution >= 0.6 is 0 Å². The summed E-state index contributed by atoms with van der Waals surface area (Å²) in [4.78, 5) is 29.4. The quantitative estimate of drug-likeness (QED) is 0.379. The number of nitrogens with zero attached hydrogens (tertiary/aromatic N) is 2. The number of anilines is 1. The van der Waals surface area contributed by atoms with Crippen LogP contribution in [0.2, 0.25) is 0 Å². The van der Waals surface area contributed by atoms with Crippen LogP contribution in [0.25, 0.3) is 0 Å². The highest BCUT2D eigenvalue weighted by Gasteiger charge is 2.34. The van der Waals surface area contributed by atoms with Crippen molar-refractivity contribution in [1.29, 1.82) is 0 Å². The zero-order valence-electron chi connectivity index (χ0n) is 24.6. The summed E-state index contributed by atoms with van der Waals surface area (Å²) in [5.74, 6) is -0.759. The number of hydrogen-bond donors (Lipinski definition) is 1. The Bertz CT molecular complexity index is 1430. The lowest BCUT2D eigenvalue weighted by atomic mass is 10.0. The number of sulfonamides is 1. The number of carbonyl (C=O) groups excluding carboxylic acids is 2. The summed E-state index contributed by atoms with van der Waals surface area (Å²) in [7, 11) is -3.81. The van der Waals surface area contributed by atoms with Crippen LogP contribution in [0.1, 0.15) is 48.6 Å². The molecule has 3 rings (SSSR count). The van der Waals surface area contributed by atoms with Gasteiger partial charge in [-0.3, -0.25) is 13.9 Å². The van der Waals surface area contributed by atoms with E-state index in [1.165, 1.54) is 4.90 Å². The SMILES string of the molecule is Cc1ccc(CN(C(=O)CN(c2ccc(C)cc2C)S(C)(=O)=O)C(Cc2ccccc2)C(=O)NC(C)(C)C)cc1. The lowest BCUT2D eigenvalue weighted by Crippen LogP contribution is -2.56. The molecule has 0 fully saturated rings. The summed E-state index contributed by atoms with van der Waals surface area (Å²) in [6.45, 7) is 11.1. The summed E-state index contributed by atoms with van der Waals surface area (Å²) in [5.41, 5.74) is 4.47. The van der Waals surface area contributed by atoms with E-state index in [0.29, 0.717) is 5.69 Å². The molecule has 8 heteroatoms. The second-order valence-corrected chi connectivity index (χ2v) is 13.4. The Balaban J connectivity index is 2.09. The average Bonchev–Trinajstić information content (AvgIpc) is 2.85. The molecule has 7 nitrogen and oxygen atoms in total. The van der Waals surface area contributed by atoms with Crippen LogP contribution in [0.3, 0.4) is 0 Å². The summed E-state index contributed by atoms with van der Waals surface area (Å²) in [5, 5.41) is 3.04. The Kier molecular flexibility index (Phi) is 9.79. The maximum absolute atomic E-state index is 14.2. The van der Waals surface area contributed by atoms with Gasteiger partial charge in [0, 0.05) is 18.5 Å². The molecule has 0 aliphatic heterocycles. The molecule has 40 heavy (non-hydrogen) atoms. The second kappa shape index (κ2) is 12.7. The van der Waals surface area contributed by atoms with Gasteiger partial charge in [-0.05, 0) is 64.3 Å². The smallest absolute Gasteiger partial charge is 0.244 e. The van der Waals surface area contributed by atoms with E-state index >= 15 is 0 Å². The molecule has 0 aliphatic rings. The molecule has 0 spiro atoms. The third-order valence-corrected chi connectivity index (χ3v) is 7.67. The van der Waals surface area contributed by atoms with Crippen molar-refractivity contribution in [3.8, 4) is 0 Å². The minimum atomic E-state index is -3.81. The van der Waals surface area contributed by atoms with Crippen molar-refractivity contribution < 1.29 is 18.0 Å². The highest BCUT2D eigenvalue weighted by molar-refractivity contribution is 7.92. The van der Waals surface area contributed by atoms with Crippen LogP contribution in [-0.2, 0) is 32.6 Å².